The largest absolute Gasteiger partial charge is 0.390 e. The van der Waals surface area contributed by atoms with Crippen LogP contribution in [0.15, 0.2) is 71.4 Å². The molecule has 2 fully saturated rings. The van der Waals surface area contributed by atoms with Gasteiger partial charge in [-0.15, -0.1) is 0 Å². The van der Waals surface area contributed by atoms with E-state index in [-0.39, 0.29) is 24.8 Å². The lowest BCUT2D eigenvalue weighted by molar-refractivity contribution is -0.134. The number of fused-ring (bicyclic) bond motifs is 1. The number of hydrogen-bond acceptors (Lipinski definition) is 5. The Balaban J connectivity index is 1.36. The number of nitrogens with two attached hydrogens (primary N) is 1. The van der Waals surface area contributed by atoms with Crippen molar-refractivity contribution in [2.45, 2.75) is 37.8 Å². The van der Waals surface area contributed by atoms with Crippen LogP contribution in [0.4, 0.5) is 10.1 Å². The SMILES string of the molecule is CC1=CC=CC2CC=CC(CN3CCC4(CC3)C(=O)N(C[C@H](O)CN)CN4c3ccc(F)cc3)=C12. The van der Waals surface area contributed by atoms with Gasteiger partial charge in [0.25, 0.3) is 0 Å². The zero-order valence-electron chi connectivity index (χ0n) is 20.4. The number of halogens is 1. The number of aliphatic hydroxyl groups is 1. The standard InChI is InChI=1S/C28H35FN4O2/c1-20-4-2-5-21-6-3-7-22(26(20)21)17-31-14-12-28(13-15-31)27(35)32(18-25(34)16-30)19-33(28)24-10-8-23(29)9-11-24/h2-5,7-11,21,25,34H,6,12-19,30H2,1H3/t21?,25-/m1/s1. The maximum atomic E-state index is 13.7. The van der Waals surface area contributed by atoms with Gasteiger partial charge in [0.2, 0.25) is 5.91 Å². The number of rotatable bonds is 6. The Hall–Kier alpha value is -2.74. The molecule has 0 bridgehead atoms. The van der Waals surface area contributed by atoms with Crippen molar-refractivity contribution in [2.75, 3.05) is 44.3 Å². The molecular formula is C28H35FN4O2. The lowest BCUT2D eigenvalue weighted by atomic mass is 9.79. The van der Waals surface area contributed by atoms with Crippen molar-refractivity contribution in [3.05, 3.63) is 77.2 Å². The zero-order chi connectivity index (χ0) is 24.6. The fourth-order valence-electron chi connectivity index (χ4n) is 6.09. The van der Waals surface area contributed by atoms with E-state index in [0.717, 1.165) is 31.7 Å². The summed E-state index contributed by atoms with van der Waals surface area (Å²) >= 11 is 0. The molecule has 1 unspecified atom stereocenters. The number of amides is 1. The van der Waals surface area contributed by atoms with Crippen molar-refractivity contribution in [2.24, 2.45) is 11.7 Å². The lowest BCUT2D eigenvalue weighted by Gasteiger charge is -2.43. The van der Waals surface area contributed by atoms with E-state index in [1.807, 2.05) is 0 Å². The highest BCUT2D eigenvalue weighted by atomic mass is 19.1. The number of piperidine rings is 1. The fraction of sp³-hybridized carbons (Fsp3) is 0.464. The van der Waals surface area contributed by atoms with E-state index in [1.165, 1.54) is 28.9 Å². The predicted molar refractivity (Wildman–Crippen MR) is 136 cm³/mol. The van der Waals surface area contributed by atoms with Gasteiger partial charge in [-0.25, -0.2) is 4.39 Å². The van der Waals surface area contributed by atoms with Crippen molar-refractivity contribution < 1.29 is 14.3 Å². The number of hydrogen-bond donors (Lipinski definition) is 2. The molecule has 2 heterocycles. The minimum atomic E-state index is -0.760. The third-order valence-corrected chi connectivity index (χ3v) is 7.97. The summed E-state index contributed by atoms with van der Waals surface area (Å²) in [7, 11) is 0. The number of aliphatic hydroxyl groups excluding tert-OH is 1. The molecule has 35 heavy (non-hydrogen) atoms. The second-order valence-corrected chi connectivity index (χ2v) is 10.2. The Morgan fingerprint density at radius 2 is 1.97 bits per heavy atom. The Bertz CT molecular complexity index is 1080. The third-order valence-electron chi connectivity index (χ3n) is 7.97. The smallest absolute Gasteiger partial charge is 0.250 e. The number of anilines is 1. The van der Waals surface area contributed by atoms with Crippen LogP contribution < -0.4 is 10.6 Å². The highest BCUT2D eigenvalue weighted by Gasteiger charge is 2.53. The number of β-amino-alcohol motifs (C(OH)–C–C–N with tert-alkyl or cyclic N) is 1. The first-order valence-electron chi connectivity index (χ1n) is 12.6. The highest BCUT2D eigenvalue weighted by molar-refractivity contribution is 5.93. The van der Waals surface area contributed by atoms with E-state index in [4.69, 9.17) is 5.73 Å². The molecule has 1 aromatic carbocycles. The average molecular weight is 479 g/mol. The first-order chi connectivity index (χ1) is 16.9. The normalized spacial score (nSPS) is 24.9. The molecule has 186 valence electrons. The van der Waals surface area contributed by atoms with E-state index in [1.54, 1.807) is 17.0 Å². The van der Waals surface area contributed by atoms with Crippen LogP contribution in [0.25, 0.3) is 0 Å². The van der Waals surface area contributed by atoms with E-state index in [9.17, 15) is 14.3 Å². The molecule has 0 aromatic heterocycles. The van der Waals surface area contributed by atoms with Crippen LogP contribution in [0.2, 0.25) is 0 Å². The fourth-order valence-corrected chi connectivity index (χ4v) is 6.09. The van der Waals surface area contributed by atoms with Crippen LogP contribution in [-0.4, -0.2) is 71.8 Å². The highest BCUT2D eigenvalue weighted by Crippen LogP contribution is 2.41. The number of benzene rings is 1. The van der Waals surface area contributed by atoms with Crippen LogP contribution >= 0.6 is 0 Å². The molecule has 2 saturated heterocycles. The van der Waals surface area contributed by atoms with Gasteiger partial charge in [0.1, 0.15) is 11.4 Å². The van der Waals surface area contributed by atoms with Crippen LogP contribution in [-0.2, 0) is 4.79 Å². The molecular weight excluding hydrogens is 443 g/mol. The van der Waals surface area contributed by atoms with Crippen LogP contribution in [0, 0.1) is 11.7 Å². The van der Waals surface area contributed by atoms with Crippen molar-refractivity contribution >= 4 is 11.6 Å². The molecule has 1 aromatic rings. The van der Waals surface area contributed by atoms with Gasteiger partial charge in [-0.3, -0.25) is 9.69 Å². The summed E-state index contributed by atoms with van der Waals surface area (Å²) in [5.74, 6) is 0.197. The van der Waals surface area contributed by atoms with Crippen molar-refractivity contribution in [1.29, 1.82) is 0 Å². The average Bonchev–Trinajstić information content (AvgIpc) is 3.12. The van der Waals surface area contributed by atoms with Crippen molar-refractivity contribution in [3.63, 3.8) is 0 Å². The molecule has 1 spiro atoms. The number of nitrogens with zero attached hydrogens (tertiary/aromatic N) is 3. The van der Waals surface area contributed by atoms with Gasteiger partial charge in [0.15, 0.2) is 0 Å². The molecule has 2 aliphatic heterocycles. The number of carbonyl (C=O) groups excluding carboxylic acids is 1. The first-order valence-corrected chi connectivity index (χ1v) is 12.6. The topological polar surface area (TPSA) is 73.0 Å². The minimum absolute atomic E-state index is 0.0322. The van der Waals surface area contributed by atoms with Crippen molar-refractivity contribution in [3.8, 4) is 0 Å². The minimum Gasteiger partial charge on any atom is -0.390 e. The summed E-state index contributed by atoms with van der Waals surface area (Å²) in [4.78, 5) is 20.0. The number of allylic oxidation sites excluding steroid dienone is 6. The zero-order valence-corrected chi connectivity index (χ0v) is 20.4. The van der Waals surface area contributed by atoms with E-state index < -0.39 is 11.6 Å². The molecule has 5 rings (SSSR count). The second-order valence-electron chi connectivity index (χ2n) is 10.2. The molecule has 6 nitrogen and oxygen atoms in total. The molecule has 2 atom stereocenters. The van der Waals surface area contributed by atoms with E-state index >= 15 is 0 Å². The van der Waals surface area contributed by atoms with Gasteiger partial charge in [-0.1, -0.05) is 30.4 Å². The molecule has 4 aliphatic rings. The van der Waals surface area contributed by atoms with Crippen LogP contribution in [0.3, 0.4) is 0 Å². The van der Waals surface area contributed by atoms with Gasteiger partial charge in [-0.05, 0) is 67.2 Å². The van der Waals surface area contributed by atoms with E-state index in [2.05, 4.69) is 47.1 Å². The summed E-state index contributed by atoms with van der Waals surface area (Å²) in [5.41, 5.74) is 9.93. The predicted octanol–water partition coefficient (Wildman–Crippen LogP) is 2.97. The van der Waals surface area contributed by atoms with Gasteiger partial charge < -0.3 is 20.6 Å². The van der Waals surface area contributed by atoms with Crippen molar-refractivity contribution in [1.82, 2.24) is 9.80 Å². The molecule has 3 N–H and O–H groups in total. The third kappa shape index (κ3) is 4.48. The summed E-state index contributed by atoms with van der Waals surface area (Å²) < 4.78 is 13.6. The van der Waals surface area contributed by atoms with Crippen LogP contribution in [0.1, 0.15) is 26.2 Å². The summed E-state index contributed by atoms with van der Waals surface area (Å²) in [5, 5.41) is 10.1. The number of likely N-dealkylation sites (tertiary alicyclic amines) is 1. The quantitative estimate of drug-likeness (QED) is 0.658. The maximum Gasteiger partial charge on any atom is 0.250 e. The molecule has 1 amide bonds. The molecule has 0 saturated carbocycles. The Labute approximate surface area is 206 Å². The Kier molecular flexibility index (Phi) is 6.66. The van der Waals surface area contributed by atoms with Gasteiger partial charge in [0, 0.05) is 44.3 Å². The summed E-state index contributed by atoms with van der Waals surface area (Å²) in [6.45, 7) is 5.35. The first kappa shape index (κ1) is 24.0. The van der Waals surface area contributed by atoms with Crippen LogP contribution in [0.5, 0.6) is 0 Å². The molecule has 7 heteroatoms. The number of carbonyl (C=O) groups is 1. The monoisotopic (exact) mass is 478 g/mol. The maximum absolute atomic E-state index is 13.7. The molecule has 0 radical (unpaired) electrons. The second kappa shape index (κ2) is 9.72. The Morgan fingerprint density at radius 1 is 1.23 bits per heavy atom. The molecule has 2 aliphatic carbocycles. The van der Waals surface area contributed by atoms with Gasteiger partial charge in [0.05, 0.1) is 12.8 Å². The van der Waals surface area contributed by atoms with Gasteiger partial charge >= 0.3 is 0 Å². The Morgan fingerprint density at radius 3 is 2.69 bits per heavy atom. The lowest BCUT2D eigenvalue weighted by Crippen LogP contribution is -2.57. The summed E-state index contributed by atoms with van der Waals surface area (Å²) in [6, 6.07) is 6.36. The van der Waals surface area contributed by atoms with E-state index in [0.29, 0.717) is 25.4 Å². The summed E-state index contributed by atoms with van der Waals surface area (Å²) in [6.07, 6.45) is 12.8. The van der Waals surface area contributed by atoms with Gasteiger partial charge in [-0.2, -0.15) is 0 Å².